The first-order valence-corrected chi connectivity index (χ1v) is 7.51. The molecule has 1 aromatic heterocycles. The van der Waals surface area contributed by atoms with Crippen LogP contribution in [-0.2, 0) is 4.74 Å². The number of nitrogens with one attached hydrogen (secondary N) is 1. The monoisotopic (exact) mass is 346 g/mol. The van der Waals surface area contributed by atoms with E-state index in [0.717, 1.165) is 11.3 Å². The molecule has 5 nitrogen and oxygen atoms in total. The van der Waals surface area contributed by atoms with Crippen LogP contribution in [0.3, 0.4) is 0 Å². The Balaban J connectivity index is 2.03. The summed E-state index contributed by atoms with van der Waals surface area (Å²) in [6, 6.07) is 7.02. The second-order valence-electron chi connectivity index (χ2n) is 4.05. The zero-order chi connectivity index (χ0) is 15.4. The van der Waals surface area contributed by atoms with Crippen molar-refractivity contribution in [2.45, 2.75) is 6.10 Å². The molecule has 2 N–H and O–H groups in total. The van der Waals surface area contributed by atoms with E-state index in [1.165, 1.54) is 7.11 Å². The van der Waals surface area contributed by atoms with Gasteiger partial charge in [0.25, 0.3) is 0 Å². The third kappa shape index (κ3) is 3.85. The molecule has 0 aliphatic heterocycles. The molecule has 0 aliphatic carbocycles. The molecule has 0 aliphatic rings. The summed E-state index contributed by atoms with van der Waals surface area (Å²) in [5.74, 6) is -0.544. The van der Waals surface area contributed by atoms with Crippen LogP contribution in [0.25, 0.3) is 0 Å². The summed E-state index contributed by atoms with van der Waals surface area (Å²) in [4.78, 5) is 15.6. The Morgan fingerprint density at radius 3 is 2.86 bits per heavy atom. The maximum Gasteiger partial charge on any atom is 0.351 e. The highest BCUT2D eigenvalue weighted by Crippen LogP contribution is 2.28. The molecule has 0 saturated heterocycles. The van der Waals surface area contributed by atoms with Gasteiger partial charge in [0, 0.05) is 17.1 Å². The number of thiazole rings is 1. The molecular formula is C13H12Cl2N2O3S. The van der Waals surface area contributed by atoms with Crippen molar-refractivity contribution in [1.29, 1.82) is 0 Å². The first-order valence-electron chi connectivity index (χ1n) is 5.94. The molecule has 1 aromatic carbocycles. The van der Waals surface area contributed by atoms with Crippen molar-refractivity contribution in [2.24, 2.45) is 0 Å². The zero-order valence-electron chi connectivity index (χ0n) is 11.0. The second kappa shape index (κ2) is 7.09. The Hall–Kier alpha value is -1.34. The van der Waals surface area contributed by atoms with Crippen LogP contribution in [0.4, 0.5) is 5.13 Å². The highest BCUT2D eigenvalue weighted by atomic mass is 35.5. The van der Waals surface area contributed by atoms with Gasteiger partial charge in [0.05, 0.1) is 13.2 Å². The molecule has 1 heterocycles. The number of anilines is 1. The van der Waals surface area contributed by atoms with Crippen molar-refractivity contribution in [3.63, 3.8) is 0 Å². The number of esters is 1. The first kappa shape index (κ1) is 16.0. The van der Waals surface area contributed by atoms with E-state index in [9.17, 15) is 9.90 Å². The van der Waals surface area contributed by atoms with E-state index in [-0.39, 0.29) is 16.6 Å². The number of ether oxygens (including phenoxy) is 1. The smallest absolute Gasteiger partial charge is 0.351 e. The number of aliphatic hydroxyl groups is 1. The van der Waals surface area contributed by atoms with Crippen LogP contribution in [0.2, 0.25) is 10.2 Å². The van der Waals surface area contributed by atoms with Gasteiger partial charge in [-0.25, -0.2) is 9.78 Å². The van der Waals surface area contributed by atoms with E-state index in [1.54, 1.807) is 24.3 Å². The molecule has 0 spiro atoms. The largest absolute Gasteiger partial charge is 0.465 e. The summed E-state index contributed by atoms with van der Waals surface area (Å²) < 4.78 is 4.59. The number of nitrogens with zero attached hydrogens (tertiary/aromatic N) is 1. The lowest BCUT2D eigenvalue weighted by molar-refractivity contribution is 0.0606. The van der Waals surface area contributed by atoms with E-state index >= 15 is 0 Å². The molecule has 0 amide bonds. The van der Waals surface area contributed by atoms with Gasteiger partial charge in [-0.3, -0.25) is 0 Å². The summed E-state index contributed by atoms with van der Waals surface area (Å²) >= 11 is 12.9. The average Bonchev–Trinajstić information content (AvgIpc) is 2.85. The third-order valence-corrected chi connectivity index (χ3v) is 4.39. The summed E-state index contributed by atoms with van der Waals surface area (Å²) in [6.45, 7) is 0.189. The van der Waals surface area contributed by atoms with Crippen LogP contribution in [0.15, 0.2) is 24.3 Å². The van der Waals surface area contributed by atoms with Crippen molar-refractivity contribution in [1.82, 2.24) is 4.98 Å². The number of carbonyl (C=O) groups excluding carboxylic acids is 1. The lowest BCUT2D eigenvalue weighted by atomic mass is 10.1. The Kier molecular flexibility index (Phi) is 5.41. The molecule has 2 rings (SSSR count). The fraction of sp³-hybridized carbons (Fsp3) is 0.231. The van der Waals surface area contributed by atoms with Crippen LogP contribution in [0.1, 0.15) is 21.3 Å². The Labute approximate surface area is 135 Å². The normalized spacial score (nSPS) is 12.0. The first-order chi connectivity index (χ1) is 10.0. The number of aliphatic hydroxyl groups excluding tert-OH is 1. The molecule has 112 valence electrons. The highest BCUT2D eigenvalue weighted by molar-refractivity contribution is 7.18. The van der Waals surface area contributed by atoms with Crippen LogP contribution in [-0.4, -0.2) is 29.7 Å². The number of methoxy groups -OCH3 is 1. The summed E-state index contributed by atoms with van der Waals surface area (Å²) in [5, 5.41) is 14.0. The van der Waals surface area contributed by atoms with E-state index in [2.05, 4.69) is 15.0 Å². The van der Waals surface area contributed by atoms with Crippen molar-refractivity contribution in [3.05, 3.63) is 44.9 Å². The van der Waals surface area contributed by atoms with E-state index < -0.39 is 12.1 Å². The highest BCUT2D eigenvalue weighted by Gasteiger charge is 2.18. The minimum absolute atomic E-state index is 0.0709. The number of benzene rings is 1. The molecule has 0 radical (unpaired) electrons. The van der Waals surface area contributed by atoms with Crippen LogP contribution < -0.4 is 5.32 Å². The number of hydrogen-bond donors (Lipinski definition) is 2. The van der Waals surface area contributed by atoms with Gasteiger partial charge in [-0.2, -0.15) is 0 Å². The van der Waals surface area contributed by atoms with Gasteiger partial charge in [-0.1, -0.05) is 52.7 Å². The fourth-order valence-corrected chi connectivity index (χ4v) is 3.01. The van der Waals surface area contributed by atoms with Gasteiger partial charge in [0.2, 0.25) is 0 Å². The van der Waals surface area contributed by atoms with E-state index in [4.69, 9.17) is 23.2 Å². The summed E-state index contributed by atoms with van der Waals surface area (Å²) in [5.41, 5.74) is 0.613. The Morgan fingerprint density at radius 1 is 1.48 bits per heavy atom. The van der Waals surface area contributed by atoms with Crippen molar-refractivity contribution in [2.75, 3.05) is 19.0 Å². The number of halogens is 2. The minimum Gasteiger partial charge on any atom is -0.465 e. The molecule has 1 unspecified atom stereocenters. The third-order valence-electron chi connectivity index (χ3n) is 2.67. The van der Waals surface area contributed by atoms with Gasteiger partial charge in [0.1, 0.15) is 0 Å². The van der Waals surface area contributed by atoms with Crippen LogP contribution >= 0.6 is 34.5 Å². The molecule has 21 heavy (non-hydrogen) atoms. The van der Waals surface area contributed by atoms with Gasteiger partial charge >= 0.3 is 5.97 Å². The standard InChI is InChI=1S/C13H12Cl2N2O3S/c1-20-12(19)10-11(15)17-13(21-10)16-6-9(18)7-4-2-3-5-8(7)14/h2-5,9,18H,6H2,1H3,(H,16,17). The number of hydrogen-bond acceptors (Lipinski definition) is 6. The Bertz CT molecular complexity index is 648. The maximum absolute atomic E-state index is 11.4. The van der Waals surface area contributed by atoms with E-state index in [0.29, 0.717) is 15.7 Å². The SMILES string of the molecule is COC(=O)c1sc(NCC(O)c2ccccc2Cl)nc1Cl. The predicted molar refractivity (Wildman–Crippen MR) is 83.4 cm³/mol. The van der Waals surface area contributed by atoms with Crippen molar-refractivity contribution < 1.29 is 14.6 Å². The van der Waals surface area contributed by atoms with Crippen molar-refractivity contribution in [3.8, 4) is 0 Å². The molecular weight excluding hydrogens is 335 g/mol. The van der Waals surface area contributed by atoms with Gasteiger partial charge in [0.15, 0.2) is 15.2 Å². The number of aromatic nitrogens is 1. The Morgan fingerprint density at radius 2 is 2.19 bits per heavy atom. The predicted octanol–water partition coefficient (Wildman–Crippen LogP) is 3.38. The molecule has 0 bridgehead atoms. The van der Waals surface area contributed by atoms with Gasteiger partial charge in [-0.15, -0.1) is 0 Å². The maximum atomic E-state index is 11.4. The number of rotatable bonds is 5. The van der Waals surface area contributed by atoms with Gasteiger partial charge in [-0.05, 0) is 6.07 Å². The molecule has 0 saturated carbocycles. The van der Waals surface area contributed by atoms with Gasteiger partial charge < -0.3 is 15.2 Å². The minimum atomic E-state index is -0.803. The summed E-state index contributed by atoms with van der Waals surface area (Å²) in [6.07, 6.45) is -0.803. The lowest BCUT2D eigenvalue weighted by Crippen LogP contribution is -2.12. The zero-order valence-corrected chi connectivity index (χ0v) is 13.3. The summed E-state index contributed by atoms with van der Waals surface area (Å²) in [7, 11) is 1.27. The average molecular weight is 347 g/mol. The van der Waals surface area contributed by atoms with Crippen LogP contribution in [0, 0.1) is 0 Å². The van der Waals surface area contributed by atoms with Crippen molar-refractivity contribution >= 4 is 45.6 Å². The molecule has 8 heteroatoms. The number of carbonyl (C=O) groups is 1. The van der Waals surface area contributed by atoms with Crippen LogP contribution in [0.5, 0.6) is 0 Å². The fourth-order valence-electron chi connectivity index (χ4n) is 1.64. The molecule has 0 fully saturated rings. The second-order valence-corrected chi connectivity index (χ2v) is 5.81. The molecule has 1 atom stereocenters. The lowest BCUT2D eigenvalue weighted by Gasteiger charge is -2.12. The van der Waals surface area contributed by atoms with E-state index in [1.807, 2.05) is 0 Å². The topological polar surface area (TPSA) is 71.5 Å². The quantitative estimate of drug-likeness (QED) is 0.812. The molecule has 2 aromatic rings.